The van der Waals surface area contributed by atoms with Crippen molar-refractivity contribution in [3.8, 4) is 0 Å². The maximum atomic E-state index is 11.2. The highest BCUT2D eigenvalue weighted by Crippen LogP contribution is 2.23. The molecule has 1 aliphatic heterocycles. The van der Waals surface area contributed by atoms with Crippen molar-refractivity contribution < 1.29 is 9.90 Å². The SMILES string of the molecule is CC1CNCC(C(=O)O)CN1c1cccc(Cl)c1. The Labute approximate surface area is 112 Å². The van der Waals surface area contributed by atoms with E-state index in [2.05, 4.69) is 17.1 Å². The fourth-order valence-corrected chi connectivity index (χ4v) is 2.42. The second-order valence-corrected chi connectivity index (χ2v) is 5.11. The molecule has 0 amide bonds. The summed E-state index contributed by atoms with van der Waals surface area (Å²) in [4.78, 5) is 13.3. The molecular weight excluding hydrogens is 252 g/mol. The Hall–Kier alpha value is -1.26. The average Bonchev–Trinajstić information content (AvgIpc) is 2.51. The molecule has 0 aliphatic carbocycles. The molecule has 1 saturated heterocycles. The topological polar surface area (TPSA) is 52.6 Å². The van der Waals surface area contributed by atoms with E-state index in [0.717, 1.165) is 12.2 Å². The molecule has 0 aromatic heterocycles. The molecule has 1 fully saturated rings. The highest BCUT2D eigenvalue weighted by Gasteiger charge is 2.27. The van der Waals surface area contributed by atoms with E-state index in [1.807, 2.05) is 24.3 Å². The molecule has 2 unspecified atom stereocenters. The van der Waals surface area contributed by atoms with Crippen LogP contribution >= 0.6 is 11.6 Å². The van der Waals surface area contributed by atoms with Crippen molar-refractivity contribution in [3.05, 3.63) is 29.3 Å². The highest BCUT2D eigenvalue weighted by atomic mass is 35.5. The van der Waals surface area contributed by atoms with Gasteiger partial charge in [-0.2, -0.15) is 0 Å². The summed E-state index contributed by atoms with van der Waals surface area (Å²) >= 11 is 5.99. The number of carbonyl (C=O) groups is 1. The van der Waals surface area contributed by atoms with Crippen LogP contribution in [0.25, 0.3) is 0 Å². The lowest BCUT2D eigenvalue weighted by atomic mass is 10.1. The smallest absolute Gasteiger partial charge is 0.309 e. The molecule has 98 valence electrons. The number of nitrogens with one attached hydrogen (secondary N) is 1. The number of nitrogens with zero attached hydrogens (tertiary/aromatic N) is 1. The lowest BCUT2D eigenvalue weighted by Crippen LogP contribution is -2.39. The minimum absolute atomic E-state index is 0.243. The summed E-state index contributed by atoms with van der Waals surface area (Å²) in [7, 11) is 0. The van der Waals surface area contributed by atoms with Gasteiger partial charge in [-0.25, -0.2) is 0 Å². The van der Waals surface area contributed by atoms with Gasteiger partial charge in [0.05, 0.1) is 5.92 Å². The maximum Gasteiger partial charge on any atom is 0.309 e. The molecule has 4 nitrogen and oxygen atoms in total. The Morgan fingerprint density at radius 2 is 2.28 bits per heavy atom. The second-order valence-electron chi connectivity index (χ2n) is 4.67. The van der Waals surface area contributed by atoms with Crippen LogP contribution in [-0.2, 0) is 4.79 Å². The molecule has 1 aliphatic rings. The minimum Gasteiger partial charge on any atom is -0.481 e. The molecule has 1 aromatic carbocycles. The zero-order valence-corrected chi connectivity index (χ0v) is 11.0. The highest BCUT2D eigenvalue weighted by molar-refractivity contribution is 6.30. The lowest BCUT2D eigenvalue weighted by molar-refractivity contribution is -0.141. The van der Waals surface area contributed by atoms with Crippen LogP contribution < -0.4 is 10.2 Å². The van der Waals surface area contributed by atoms with Gasteiger partial charge in [-0.05, 0) is 25.1 Å². The third kappa shape index (κ3) is 2.94. The number of halogens is 1. The minimum atomic E-state index is -0.761. The Morgan fingerprint density at radius 3 is 2.94 bits per heavy atom. The number of hydrogen-bond acceptors (Lipinski definition) is 3. The van der Waals surface area contributed by atoms with E-state index in [4.69, 9.17) is 11.6 Å². The Balaban J connectivity index is 2.25. The van der Waals surface area contributed by atoms with E-state index in [-0.39, 0.29) is 6.04 Å². The standard InChI is InChI=1S/C13H17ClN2O2/c1-9-6-15-7-10(13(17)18)8-16(9)12-4-2-3-11(14)5-12/h2-5,9-10,15H,6-8H2,1H3,(H,17,18). The number of aliphatic carboxylic acids is 1. The van der Waals surface area contributed by atoms with Gasteiger partial charge >= 0.3 is 5.97 Å². The first-order valence-electron chi connectivity index (χ1n) is 6.03. The number of rotatable bonds is 2. The van der Waals surface area contributed by atoms with Gasteiger partial charge in [0.25, 0.3) is 0 Å². The van der Waals surface area contributed by atoms with Gasteiger partial charge in [-0.1, -0.05) is 17.7 Å². The number of hydrogen-bond donors (Lipinski definition) is 2. The van der Waals surface area contributed by atoms with E-state index < -0.39 is 11.9 Å². The molecule has 0 bridgehead atoms. The number of carboxylic acid groups (broad SMARTS) is 1. The van der Waals surface area contributed by atoms with Crippen LogP contribution in [0.15, 0.2) is 24.3 Å². The van der Waals surface area contributed by atoms with Crippen LogP contribution in [0.4, 0.5) is 5.69 Å². The molecule has 5 heteroatoms. The fourth-order valence-electron chi connectivity index (χ4n) is 2.24. The van der Waals surface area contributed by atoms with Crippen LogP contribution in [0.3, 0.4) is 0 Å². The number of benzene rings is 1. The molecule has 1 heterocycles. The van der Waals surface area contributed by atoms with Crippen molar-refractivity contribution in [1.82, 2.24) is 5.32 Å². The number of anilines is 1. The van der Waals surface area contributed by atoms with Crippen molar-refractivity contribution in [3.63, 3.8) is 0 Å². The molecule has 2 atom stereocenters. The maximum absolute atomic E-state index is 11.2. The van der Waals surface area contributed by atoms with Crippen LogP contribution in [0.5, 0.6) is 0 Å². The summed E-state index contributed by atoms with van der Waals surface area (Å²) < 4.78 is 0. The third-order valence-electron chi connectivity index (χ3n) is 3.27. The number of carboxylic acids is 1. The van der Waals surface area contributed by atoms with E-state index in [1.165, 1.54) is 0 Å². The van der Waals surface area contributed by atoms with Crippen molar-refractivity contribution in [2.24, 2.45) is 5.92 Å². The monoisotopic (exact) mass is 268 g/mol. The summed E-state index contributed by atoms with van der Waals surface area (Å²) in [5.41, 5.74) is 0.977. The van der Waals surface area contributed by atoms with Gasteiger partial charge < -0.3 is 15.3 Å². The molecule has 2 N–H and O–H groups in total. The van der Waals surface area contributed by atoms with Crippen molar-refractivity contribution >= 4 is 23.3 Å². The van der Waals surface area contributed by atoms with Gasteiger partial charge in [0.1, 0.15) is 0 Å². The molecule has 0 radical (unpaired) electrons. The van der Waals surface area contributed by atoms with E-state index in [1.54, 1.807) is 0 Å². The lowest BCUT2D eigenvalue weighted by Gasteiger charge is -2.30. The van der Waals surface area contributed by atoms with Crippen LogP contribution in [0, 0.1) is 5.92 Å². The van der Waals surface area contributed by atoms with E-state index in [0.29, 0.717) is 18.1 Å². The summed E-state index contributed by atoms with van der Waals surface area (Å²) in [5.74, 6) is -1.16. The molecule has 0 spiro atoms. The predicted molar refractivity (Wildman–Crippen MR) is 72.3 cm³/mol. The van der Waals surface area contributed by atoms with Gasteiger partial charge in [-0.15, -0.1) is 0 Å². The van der Waals surface area contributed by atoms with E-state index >= 15 is 0 Å². The molecule has 2 rings (SSSR count). The van der Waals surface area contributed by atoms with Gasteiger partial charge in [0, 0.05) is 36.4 Å². The zero-order chi connectivity index (χ0) is 13.1. The first-order valence-corrected chi connectivity index (χ1v) is 6.41. The zero-order valence-electron chi connectivity index (χ0n) is 10.3. The Bertz CT molecular complexity index is 439. The third-order valence-corrected chi connectivity index (χ3v) is 3.50. The molecule has 18 heavy (non-hydrogen) atoms. The van der Waals surface area contributed by atoms with Gasteiger partial charge in [0.2, 0.25) is 0 Å². The van der Waals surface area contributed by atoms with Crippen LogP contribution in [0.2, 0.25) is 5.02 Å². The van der Waals surface area contributed by atoms with Crippen LogP contribution in [-0.4, -0.2) is 36.8 Å². The van der Waals surface area contributed by atoms with E-state index in [9.17, 15) is 9.90 Å². The van der Waals surface area contributed by atoms with Gasteiger partial charge in [0.15, 0.2) is 0 Å². The summed E-state index contributed by atoms with van der Waals surface area (Å²) in [6.07, 6.45) is 0. The first-order chi connectivity index (χ1) is 8.58. The molecule has 1 aromatic rings. The van der Waals surface area contributed by atoms with Crippen molar-refractivity contribution in [2.75, 3.05) is 24.5 Å². The normalized spacial score (nSPS) is 24.7. The predicted octanol–water partition coefficient (Wildman–Crippen LogP) is 1.84. The summed E-state index contributed by atoms with van der Waals surface area (Å²) in [6, 6.07) is 7.79. The first kappa shape index (κ1) is 13.2. The fraction of sp³-hybridized carbons (Fsp3) is 0.462. The Morgan fingerprint density at radius 1 is 1.50 bits per heavy atom. The summed E-state index contributed by atoms with van der Waals surface area (Å²) in [6.45, 7) is 3.87. The molecular formula is C13H17ClN2O2. The second kappa shape index (κ2) is 5.59. The average molecular weight is 269 g/mol. The quantitative estimate of drug-likeness (QED) is 0.859. The van der Waals surface area contributed by atoms with Crippen molar-refractivity contribution in [2.45, 2.75) is 13.0 Å². The largest absolute Gasteiger partial charge is 0.481 e. The van der Waals surface area contributed by atoms with Gasteiger partial charge in [-0.3, -0.25) is 4.79 Å². The summed E-state index contributed by atoms with van der Waals surface area (Å²) in [5, 5.41) is 13.0. The Kier molecular flexibility index (Phi) is 4.09. The molecule has 0 saturated carbocycles. The van der Waals surface area contributed by atoms with Crippen LogP contribution in [0.1, 0.15) is 6.92 Å². The van der Waals surface area contributed by atoms with Crippen molar-refractivity contribution in [1.29, 1.82) is 0 Å².